The van der Waals surface area contributed by atoms with Crippen molar-refractivity contribution in [2.75, 3.05) is 49.1 Å². The average Bonchev–Trinajstić information content (AvgIpc) is 3.14. The summed E-state index contributed by atoms with van der Waals surface area (Å²) < 4.78 is 1.16. The Labute approximate surface area is 183 Å². The van der Waals surface area contributed by atoms with Crippen LogP contribution in [0.4, 0.5) is 11.6 Å². The van der Waals surface area contributed by atoms with Gasteiger partial charge in [0.15, 0.2) is 0 Å². The molecule has 0 radical (unpaired) electrons. The fraction of sp³-hybridized carbons (Fsp3) is 0.450. The molecule has 0 amide bonds. The predicted octanol–water partition coefficient (Wildman–Crippen LogP) is 1.96. The molecular weight excluding hydrogens is 420 g/mol. The van der Waals surface area contributed by atoms with Gasteiger partial charge in [-0.25, -0.2) is 24.5 Å². The molecule has 0 unspecified atom stereocenters. The first-order chi connectivity index (χ1) is 14.9. The fourth-order valence-corrected chi connectivity index (χ4v) is 4.75. The number of aryl methyl sites for hydroxylation is 1. The number of rotatable bonds is 4. The van der Waals surface area contributed by atoms with Crippen LogP contribution in [0.5, 0.6) is 0 Å². The van der Waals surface area contributed by atoms with Crippen molar-refractivity contribution in [3.8, 4) is 0 Å². The van der Waals surface area contributed by atoms with Crippen LogP contribution in [0.1, 0.15) is 19.4 Å². The second kappa shape index (κ2) is 9.84. The summed E-state index contributed by atoms with van der Waals surface area (Å²) in [4.78, 5) is 38.1. The summed E-state index contributed by atoms with van der Waals surface area (Å²) in [6.07, 6.45) is 1.70. The molecule has 31 heavy (non-hydrogen) atoms. The zero-order valence-corrected chi connectivity index (χ0v) is 18.6. The maximum atomic E-state index is 9.10. The number of aromatic nitrogens is 3. The molecule has 3 aromatic rings. The monoisotopic (exact) mass is 446 g/mol. The largest absolute Gasteiger partial charge is 0.473 e. The molecule has 1 fully saturated rings. The minimum atomic E-state index is -1.82. The van der Waals surface area contributed by atoms with Gasteiger partial charge in [0.25, 0.3) is 0 Å². The number of thiophene rings is 1. The van der Waals surface area contributed by atoms with Gasteiger partial charge < -0.3 is 25.3 Å². The lowest BCUT2D eigenvalue weighted by Crippen LogP contribution is -2.43. The first-order valence-electron chi connectivity index (χ1n) is 10.1. The van der Waals surface area contributed by atoms with Gasteiger partial charge in [0, 0.05) is 44.7 Å². The van der Waals surface area contributed by atoms with Gasteiger partial charge in [0.1, 0.15) is 22.8 Å². The number of anilines is 2. The Morgan fingerprint density at radius 2 is 1.81 bits per heavy atom. The summed E-state index contributed by atoms with van der Waals surface area (Å²) >= 11 is 1.72. The molecule has 3 aromatic heterocycles. The lowest BCUT2D eigenvalue weighted by molar-refractivity contribution is -0.159. The van der Waals surface area contributed by atoms with Crippen LogP contribution in [0.3, 0.4) is 0 Å². The van der Waals surface area contributed by atoms with E-state index in [1.807, 2.05) is 0 Å². The number of carbonyl (C=O) groups is 2. The van der Waals surface area contributed by atoms with E-state index >= 15 is 0 Å². The third kappa shape index (κ3) is 4.83. The summed E-state index contributed by atoms with van der Waals surface area (Å²) in [6.45, 7) is 12.4. The highest BCUT2D eigenvalue weighted by atomic mass is 32.1. The average molecular weight is 447 g/mol. The Bertz CT molecular complexity index is 1080. The first kappa shape index (κ1) is 22.6. The minimum Gasteiger partial charge on any atom is -0.473 e. The number of fused-ring (bicyclic) bond motifs is 3. The quantitative estimate of drug-likeness (QED) is 0.511. The number of hydrogen-bond donors (Lipinski definition) is 3. The number of carboxylic acid groups (broad SMARTS) is 2. The number of nitrogens with one attached hydrogen (secondary N) is 1. The topological polar surface area (TPSA) is 132 Å². The van der Waals surface area contributed by atoms with Crippen LogP contribution in [0.15, 0.2) is 12.4 Å². The van der Waals surface area contributed by atoms with Gasteiger partial charge in [-0.05, 0) is 32.4 Å². The summed E-state index contributed by atoms with van der Waals surface area (Å²) in [5.74, 6) is -1.54. The van der Waals surface area contributed by atoms with Crippen molar-refractivity contribution in [2.24, 2.45) is 0 Å². The zero-order chi connectivity index (χ0) is 22.5. The molecule has 4 rings (SSSR count). The molecule has 0 spiro atoms. The Balaban J connectivity index is 0.000000401. The van der Waals surface area contributed by atoms with E-state index in [0.717, 1.165) is 66.0 Å². The summed E-state index contributed by atoms with van der Waals surface area (Å²) in [7, 11) is 0. The number of aliphatic carboxylic acids is 2. The van der Waals surface area contributed by atoms with Crippen molar-refractivity contribution < 1.29 is 19.8 Å². The molecular formula is C20H26N6O4S. The maximum Gasteiger partial charge on any atom is 0.414 e. The molecule has 0 aromatic carbocycles. The molecule has 3 N–H and O–H groups in total. The second-order valence-corrected chi connectivity index (χ2v) is 7.97. The molecule has 0 bridgehead atoms. The van der Waals surface area contributed by atoms with Crippen molar-refractivity contribution in [2.45, 2.75) is 20.8 Å². The van der Waals surface area contributed by atoms with Crippen molar-refractivity contribution >= 4 is 55.3 Å². The first-order valence-corrected chi connectivity index (χ1v) is 10.9. The number of carboxylic acids is 2. The Morgan fingerprint density at radius 1 is 1.16 bits per heavy atom. The summed E-state index contributed by atoms with van der Waals surface area (Å²) in [6, 6.07) is 2.19. The fourth-order valence-electron chi connectivity index (χ4n) is 3.53. The van der Waals surface area contributed by atoms with Gasteiger partial charge in [-0.3, -0.25) is 0 Å². The van der Waals surface area contributed by atoms with E-state index in [-0.39, 0.29) is 0 Å². The van der Waals surface area contributed by atoms with E-state index in [0.29, 0.717) is 0 Å². The van der Waals surface area contributed by atoms with Gasteiger partial charge >= 0.3 is 11.9 Å². The van der Waals surface area contributed by atoms with Crippen molar-refractivity contribution in [3.05, 3.63) is 18.0 Å². The van der Waals surface area contributed by atoms with Gasteiger partial charge in [-0.1, -0.05) is 0 Å². The predicted molar refractivity (Wildman–Crippen MR) is 121 cm³/mol. The minimum absolute atomic E-state index is 0.963. The highest BCUT2D eigenvalue weighted by Gasteiger charge is 2.20. The molecule has 10 nitrogen and oxygen atoms in total. The summed E-state index contributed by atoms with van der Waals surface area (Å²) in [5.41, 5.74) is 2.28. The van der Waals surface area contributed by atoms with Crippen molar-refractivity contribution in [1.82, 2.24) is 20.3 Å². The lowest BCUT2D eigenvalue weighted by Gasteiger charge is -2.28. The third-order valence-corrected chi connectivity index (χ3v) is 6.15. The van der Waals surface area contributed by atoms with Crippen molar-refractivity contribution in [1.29, 1.82) is 0 Å². The Hall–Kier alpha value is -3.05. The van der Waals surface area contributed by atoms with E-state index in [1.165, 1.54) is 10.9 Å². The van der Waals surface area contributed by atoms with Crippen LogP contribution in [0.2, 0.25) is 0 Å². The van der Waals surface area contributed by atoms with E-state index in [9.17, 15) is 0 Å². The normalized spacial score (nSPS) is 13.7. The van der Waals surface area contributed by atoms with E-state index in [2.05, 4.69) is 51.9 Å². The van der Waals surface area contributed by atoms with Gasteiger partial charge in [0.05, 0.1) is 10.2 Å². The van der Waals surface area contributed by atoms with Crippen molar-refractivity contribution in [3.63, 3.8) is 0 Å². The molecule has 166 valence electrons. The molecule has 4 heterocycles. The molecule has 1 saturated heterocycles. The maximum absolute atomic E-state index is 9.10. The van der Waals surface area contributed by atoms with E-state index in [1.54, 1.807) is 17.7 Å². The van der Waals surface area contributed by atoms with Gasteiger partial charge in [0.2, 0.25) is 0 Å². The van der Waals surface area contributed by atoms with E-state index < -0.39 is 11.9 Å². The smallest absolute Gasteiger partial charge is 0.414 e. The highest BCUT2D eigenvalue weighted by molar-refractivity contribution is 7.26. The van der Waals surface area contributed by atoms with Gasteiger partial charge in [-0.15, -0.1) is 11.3 Å². The zero-order valence-electron chi connectivity index (χ0n) is 17.8. The molecule has 0 saturated carbocycles. The van der Waals surface area contributed by atoms with E-state index in [4.69, 9.17) is 24.8 Å². The molecule has 11 heteroatoms. The van der Waals surface area contributed by atoms with Crippen LogP contribution in [0, 0.1) is 6.92 Å². The number of piperazine rings is 1. The third-order valence-electron chi connectivity index (χ3n) is 5.08. The molecule has 0 aliphatic carbocycles. The van der Waals surface area contributed by atoms with Crippen LogP contribution in [-0.4, -0.2) is 76.4 Å². The molecule has 1 aliphatic heterocycles. The second-order valence-electron chi connectivity index (χ2n) is 6.97. The standard InChI is InChI=1S/C18H24N6S.C2H2O4/c1-4-23(5-2)13-10-12(3)14-15-16(25-18(14)22-13)17(21-11-20-15)24-8-6-19-7-9-24;3-1(4)2(5)6/h10-11,19H,4-9H2,1-3H3;(H,3,4)(H,5,6). The Morgan fingerprint density at radius 3 is 2.39 bits per heavy atom. The van der Waals surface area contributed by atoms with Crippen LogP contribution in [0.25, 0.3) is 20.4 Å². The molecule has 1 aliphatic rings. The molecule has 0 atom stereocenters. The Kier molecular flexibility index (Phi) is 7.18. The number of nitrogens with zero attached hydrogens (tertiary/aromatic N) is 5. The summed E-state index contributed by atoms with van der Waals surface area (Å²) in [5, 5.41) is 19.4. The SMILES string of the molecule is CCN(CC)c1cc(C)c2c(n1)sc1c(N3CCNCC3)ncnc12.O=C(O)C(=O)O. The van der Waals surface area contributed by atoms with Crippen LogP contribution < -0.4 is 15.1 Å². The number of pyridine rings is 1. The number of hydrogen-bond acceptors (Lipinski definition) is 9. The van der Waals surface area contributed by atoms with Crippen LogP contribution in [-0.2, 0) is 9.59 Å². The van der Waals surface area contributed by atoms with Crippen LogP contribution >= 0.6 is 11.3 Å². The van der Waals surface area contributed by atoms with Gasteiger partial charge in [-0.2, -0.15) is 0 Å². The highest BCUT2D eigenvalue weighted by Crippen LogP contribution is 2.39. The lowest BCUT2D eigenvalue weighted by atomic mass is 10.1.